The van der Waals surface area contributed by atoms with Crippen LogP contribution in [0.1, 0.15) is 10.4 Å². The van der Waals surface area contributed by atoms with Gasteiger partial charge < -0.3 is 15.8 Å². The van der Waals surface area contributed by atoms with Crippen molar-refractivity contribution in [2.45, 2.75) is 0 Å². The van der Waals surface area contributed by atoms with Gasteiger partial charge in [-0.25, -0.2) is 0 Å². The molecule has 0 spiro atoms. The van der Waals surface area contributed by atoms with Crippen molar-refractivity contribution in [2.24, 2.45) is 0 Å². The Bertz CT molecular complexity index is 684. The summed E-state index contributed by atoms with van der Waals surface area (Å²) in [5.74, 6) is 0.268. The summed E-state index contributed by atoms with van der Waals surface area (Å²) in [5.41, 5.74) is 6.80. The Hall–Kier alpha value is -1.43. The SMILES string of the molecule is COc1cc(NC(=O)c2cc(Cl)c(N)c(Cl)c2)ccc1Br. The first-order valence-corrected chi connectivity index (χ1v) is 7.36. The summed E-state index contributed by atoms with van der Waals surface area (Å²) in [6.45, 7) is 0. The average molecular weight is 390 g/mol. The number of amides is 1. The minimum absolute atomic E-state index is 0.237. The molecule has 0 fully saturated rings. The van der Waals surface area contributed by atoms with Crippen molar-refractivity contribution in [3.05, 3.63) is 50.4 Å². The smallest absolute Gasteiger partial charge is 0.255 e. The molecule has 21 heavy (non-hydrogen) atoms. The molecule has 0 saturated heterocycles. The lowest BCUT2D eigenvalue weighted by atomic mass is 10.2. The Morgan fingerprint density at radius 1 is 1.24 bits per heavy atom. The predicted molar refractivity (Wildman–Crippen MR) is 89.5 cm³/mol. The van der Waals surface area contributed by atoms with Gasteiger partial charge in [0.25, 0.3) is 5.91 Å². The van der Waals surface area contributed by atoms with Gasteiger partial charge in [-0.1, -0.05) is 23.2 Å². The molecule has 0 unspecified atom stereocenters. The lowest BCUT2D eigenvalue weighted by Gasteiger charge is -2.10. The van der Waals surface area contributed by atoms with Gasteiger partial charge in [0.1, 0.15) is 5.75 Å². The van der Waals surface area contributed by atoms with Crippen LogP contribution in [-0.2, 0) is 0 Å². The van der Waals surface area contributed by atoms with Crippen LogP contribution in [0.5, 0.6) is 5.75 Å². The third kappa shape index (κ3) is 3.61. The van der Waals surface area contributed by atoms with Crippen LogP contribution in [0.25, 0.3) is 0 Å². The zero-order valence-corrected chi connectivity index (χ0v) is 14.0. The topological polar surface area (TPSA) is 64.3 Å². The van der Waals surface area contributed by atoms with Gasteiger partial charge in [-0.2, -0.15) is 0 Å². The lowest BCUT2D eigenvalue weighted by Crippen LogP contribution is -2.12. The molecule has 2 aromatic carbocycles. The molecule has 1 amide bonds. The maximum Gasteiger partial charge on any atom is 0.255 e. The fraction of sp³-hybridized carbons (Fsp3) is 0.0714. The number of methoxy groups -OCH3 is 1. The highest BCUT2D eigenvalue weighted by molar-refractivity contribution is 9.10. The second-order valence-electron chi connectivity index (χ2n) is 4.16. The molecule has 0 aromatic heterocycles. The summed E-state index contributed by atoms with van der Waals surface area (Å²) in [4.78, 5) is 12.2. The number of carbonyl (C=O) groups is 1. The van der Waals surface area contributed by atoms with Crippen molar-refractivity contribution in [3.8, 4) is 5.75 Å². The first kappa shape index (κ1) is 15.9. The summed E-state index contributed by atoms with van der Waals surface area (Å²) in [7, 11) is 1.55. The maximum absolute atomic E-state index is 12.2. The second kappa shape index (κ2) is 6.56. The van der Waals surface area contributed by atoms with Gasteiger partial charge in [-0.3, -0.25) is 4.79 Å². The molecule has 0 radical (unpaired) electrons. The molecule has 2 aromatic rings. The van der Waals surface area contributed by atoms with E-state index < -0.39 is 0 Å². The molecule has 4 nitrogen and oxygen atoms in total. The number of rotatable bonds is 3. The van der Waals surface area contributed by atoms with Crippen LogP contribution in [0.15, 0.2) is 34.8 Å². The fourth-order valence-electron chi connectivity index (χ4n) is 1.66. The van der Waals surface area contributed by atoms with Crippen LogP contribution >= 0.6 is 39.1 Å². The Morgan fingerprint density at radius 2 is 1.86 bits per heavy atom. The number of ether oxygens (including phenoxy) is 1. The Balaban J connectivity index is 2.26. The van der Waals surface area contributed by atoms with E-state index in [1.807, 2.05) is 0 Å². The number of benzene rings is 2. The quantitative estimate of drug-likeness (QED) is 0.754. The summed E-state index contributed by atoms with van der Waals surface area (Å²) >= 11 is 15.2. The zero-order chi connectivity index (χ0) is 15.6. The molecule has 7 heteroatoms. The molecule has 0 bridgehead atoms. The standard InChI is InChI=1S/C14H11BrCl2N2O2/c1-21-12-6-8(2-3-9(12)15)19-14(20)7-4-10(16)13(18)11(17)5-7/h2-6H,18H2,1H3,(H,19,20). The highest BCUT2D eigenvalue weighted by atomic mass is 79.9. The van der Waals surface area contributed by atoms with Crippen molar-refractivity contribution in [3.63, 3.8) is 0 Å². The predicted octanol–water partition coefficient (Wildman–Crippen LogP) is 4.60. The van der Waals surface area contributed by atoms with E-state index in [0.29, 0.717) is 17.0 Å². The third-order valence-corrected chi connectivity index (χ3v) is 4.03. The van der Waals surface area contributed by atoms with Gasteiger partial charge in [0.2, 0.25) is 0 Å². The van der Waals surface area contributed by atoms with E-state index in [4.69, 9.17) is 33.7 Å². The van der Waals surface area contributed by atoms with E-state index >= 15 is 0 Å². The number of hydrogen-bond donors (Lipinski definition) is 2. The van der Waals surface area contributed by atoms with Crippen molar-refractivity contribution in [1.82, 2.24) is 0 Å². The minimum atomic E-state index is -0.344. The third-order valence-electron chi connectivity index (χ3n) is 2.75. The number of nitrogens with one attached hydrogen (secondary N) is 1. The number of hydrogen-bond acceptors (Lipinski definition) is 3. The van der Waals surface area contributed by atoms with Crippen molar-refractivity contribution in [1.29, 1.82) is 0 Å². The van der Waals surface area contributed by atoms with Gasteiger partial charge >= 0.3 is 0 Å². The molecule has 3 N–H and O–H groups in total. The van der Waals surface area contributed by atoms with Gasteiger partial charge in [-0.15, -0.1) is 0 Å². The summed E-state index contributed by atoms with van der Waals surface area (Å²) in [5, 5.41) is 3.21. The van der Waals surface area contributed by atoms with E-state index in [-0.39, 0.29) is 21.6 Å². The van der Waals surface area contributed by atoms with Gasteiger partial charge in [0, 0.05) is 17.3 Å². The van der Waals surface area contributed by atoms with Crippen molar-refractivity contribution < 1.29 is 9.53 Å². The molecule has 0 aliphatic rings. The molecule has 0 heterocycles. The van der Waals surface area contributed by atoms with Gasteiger partial charge in [0.05, 0.1) is 27.3 Å². The molecule has 0 aliphatic heterocycles. The van der Waals surface area contributed by atoms with E-state index in [9.17, 15) is 4.79 Å². The Kier molecular flexibility index (Phi) is 4.98. The molecule has 0 aliphatic carbocycles. The summed E-state index contributed by atoms with van der Waals surface area (Å²) in [6.07, 6.45) is 0. The summed E-state index contributed by atoms with van der Waals surface area (Å²) < 4.78 is 5.96. The second-order valence-corrected chi connectivity index (χ2v) is 5.83. The number of halogens is 3. The number of nitrogens with two attached hydrogens (primary N) is 1. The monoisotopic (exact) mass is 388 g/mol. The normalized spacial score (nSPS) is 10.3. The minimum Gasteiger partial charge on any atom is -0.495 e. The first-order chi connectivity index (χ1) is 9.92. The van der Waals surface area contributed by atoms with Gasteiger partial charge in [-0.05, 0) is 40.2 Å². The van der Waals surface area contributed by atoms with Gasteiger partial charge in [0.15, 0.2) is 0 Å². The van der Waals surface area contributed by atoms with E-state index in [2.05, 4.69) is 21.2 Å². The Labute approximate surface area is 140 Å². The molecule has 2 rings (SSSR count). The molecule has 110 valence electrons. The molecular formula is C14H11BrCl2N2O2. The first-order valence-electron chi connectivity index (χ1n) is 5.81. The van der Waals surface area contributed by atoms with Crippen LogP contribution in [0.2, 0.25) is 10.0 Å². The van der Waals surface area contributed by atoms with Crippen molar-refractivity contribution >= 4 is 56.4 Å². The van der Waals surface area contributed by atoms with Crippen LogP contribution in [0.4, 0.5) is 11.4 Å². The lowest BCUT2D eigenvalue weighted by molar-refractivity contribution is 0.102. The van der Waals surface area contributed by atoms with Crippen LogP contribution in [-0.4, -0.2) is 13.0 Å². The molecule has 0 atom stereocenters. The van der Waals surface area contributed by atoms with E-state index in [0.717, 1.165) is 4.47 Å². The highest BCUT2D eigenvalue weighted by Gasteiger charge is 2.12. The zero-order valence-electron chi connectivity index (χ0n) is 10.9. The van der Waals surface area contributed by atoms with Crippen LogP contribution in [0.3, 0.4) is 0 Å². The van der Waals surface area contributed by atoms with Crippen LogP contribution in [0, 0.1) is 0 Å². The Morgan fingerprint density at radius 3 is 2.43 bits per heavy atom. The average Bonchev–Trinajstić information content (AvgIpc) is 2.46. The van der Waals surface area contributed by atoms with Crippen molar-refractivity contribution in [2.75, 3.05) is 18.2 Å². The van der Waals surface area contributed by atoms with E-state index in [1.54, 1.807) is 25.3 Å². The van der Waals surface area contributed by atoms with Crippen LogP contribution < -0.4 is 15.8 Å². The highest BCUT2D eigenvalue weighted by Crippen LogP contribution is 2.30. The fourth-order valence-corrected chi connectivity index (χ4v) is 2.55. The number of anilines is 2. The molecular weight excluding hydrogens is 379 g/mol. The summed E-state index contributed by atoms with van der Waals surface area (Å²) in [6, 6.07) is 8.15. The largest absolute Gasteiger partial charge is 0.495 e. The number of carbonyl (C=O) groups excluding carboxylic acids is 1. The van der Waals surface area contributed by atoms with E-state index in [1.165, 1.54) is 12.1 Å². The molecule has 0 saturated carbocycles. The maximum atomic E-state index is 12.2. The number of nitrogen functional groups attached to an aromatic ring is 1.